The Labute approximate surface area is 188 Å². The number of pyridine rings is 1. The van der Waals surface area contributed by atoms with Gasteiger partial charge in [0, 0.05) is 23.0 Å². The lowest BCUT2D eigenvalue weighted by molar-refractivity contribution is -0.122. The van der Waals surface area contributed by atoms with Crippen molar-refractivity contribution in [1.29, 1.82) is 0 Å². The second kappa shape index (κ2) is 8.27. The molecule has 1 amide bonds. The maximum atomic E-state index is 14.8. The highest BCUT2D eigenvalue weighted by atomic mass is 19.1. The number of amides is 1. The van der Waals surface area contributed by atoms with E-state index < -0.39 is 17.3 Å². The molecule has 0 saturated carbocycles. The summed E-state index contributed by atoms with van der Waals surface area (Å²) < 4.78 is 28.1. The summed E-state index contributed by atoms with van der Waals surface area (Å²) in [5.74, 6) is -1.30. The molecule has 0 spiro atoms. The number of nitrogens with one attached hydrogen (secondary N) is 2. The van der Waals surface area contributed by atoms with E-state index in [1.807, 2.05) is 30.3 Å². The number of halogens is 2. The van der Waals surface area contributed by atoms with Crippen molar-refractivity contribution in [3.05, 3.63) is 120 Å². The minimum Gasteiger partial charge on any atom is -0.326 e. The van der Waals surface area contributed by atoms with Crippen molar-refractivity contribution in [2.45, 2.75) is 5.54 Å². The van der Waals surface area contributed by atoms with Crippen LogP contribution in [-0.2, 0) is 10.3 Å². The van der Waals surface area contributed by atoms with Crippen LogP contribution in [0.2, 0.25) is 0 Å². The molecule has 4 aromatic rings. The second-order valence-corrected chi connectivity index (χ2v) is 7.47. The van der Waals surface area contributed by atoms with Gasteiger partial charge in [-0.3, -0.25) is 10.1 Å². The van der Waals surface area contributed by atoms with Crippen molar-refractivity contribution < 1.29 is 13.6 Å². The number of carbonyl (C=O) groups excluding carboxylic acids is 1. The van der Waals surface area contributed by atoms with Gasteiger partial charge in [-0.15, -0.1) is 0 Å². The first-order valence-electron chi connectivity index (χ1n) is 10.2. The van der Waals surface area contributed by atoms with Gasteiger partial charge in [-0.05, 0) is 53.6 Å². The van der Waals surface area contributed by atoms with Gasteiger partial charge in [-0.25, -0.2) is 14.4 Å². The molecule has 0 fully saturated rings. The second-order valence-electron chi connectivity index (χ2n) is 7.47. The summed E-state index contributed by atoms with van der Waals surface area (Å²) >= 11 is 0. The molecule has 1 aliphatic heterocycles. The molecule has 1 aromatic heterocycles. The molecular weight excluding hydrogens is 422 g/mol. The van der Waals surface area contributed by atoms with Crippen LogP contribution >= 0.6 is 0 Å². The van der Waals surface area contributed by atoms with Gasteiger partial charge in [-0.1, -0.05) is 48.5 Å². The summed E-state index contributed by atoms with van der Waals surface area (Å²) in [7, 11) is 0. The molecule has 1 unspecified atom stereocenters. The third kappa shape index (κ3) is 3.74. The summed E-state index contributed by atoms with van der Waals surface area (Å²) in [5.41, 5.74) is 0.926. The highest BCUT2D eigenvalue weighted by molar-refractivity contribution is 6.14. The minimum atomic E-state index is -1.46. The zero-order chi connectivity index (χ0) is 22.8. The van der Waals surface area contributed by atoms with E-state index in [0.29, 0.717) is 16.7 Å². The molecule has 1 atom stereocenters. The number of aromatic nitrogens is 1. The minimum absolute atomic E-state index is 0.189. The van der Waals surface area contributed by atoms with Crippen LogP contribution in [0.5, 0.6) is 0 Å². The standard InChI is InChI=1S/C26H17F2N4O/c27-22-13-12-19(15-21(22)17-11-14-23(28)29-16-17)26(18-7-3-1-4-8-18)24(33)31-25(32-26)30-20-9-5-2-6-10-20/h2-16H,(H2,30,31,32,33). The molecule has 2 N–H and O–H groups in total. The normalized spacial score (nSPS) is 17.4. The van der Waals surface area contributed by atoms with E-state index in [-0.39, 0.29) is 17.4 Å². The summed E-state index contributed by atoms with van der Waals surface area (Å²) in [6, 6.07) is 26.1. The van der Waals surface area contributed by atoms with E-state index in [2.05, 4.69) is 21.7 Å². The third-order valence-corrected chi connectivity index (χ3v) is 5.44. The summed E-state index contributed by atoms with van der Waals surface area (Å²) in [6.45, 7) is 0. The van der Waals surface area contributed by atoms with Gasteiger partial charge in [0.25, 0.3) is 5.91 Å². The number of aliphatic imine (C=N–C) groups is 1. The Bertz CT molecular complexity index is 1340. The third-order valence-electron chi connectivity index (χ3n) is 5.44. The average Bonchev–Trinajstić information content (AvgIpc) is 3.17. The lowest BCUT2D eigenvalue weighted by Gasteiger charge is -2.25. The van der Waals surface area contributed by atoms with E-state index in [1.165, 1.54) is 24.4 Å². The molecule has 0 bridgehead atoms. The number of anilines is 1. The highest BCUT2D eigenvalue weighted by Crippen LogP contribution is 2.39. The smallest absolute Gasteiger partial charge is 0.264 e. The van der Waals surface area contributed by atoms with Crippen LogP contribution in [0.15, 0.2) is 96.1 Å². The SMILES string of the molecule is O=C1NC(Nc2ccccc2)=NC1(c1cc[c]cc1)c1ccc(F)c(-c2ccc(F)nc2)c1. The quantitative estimate of drug-likeness (QED) is 0.454. The molecule has 1 aliphatic rings. The number of carbonyl (C=O) groups is 1. The van der Waals surface area contributed by atoms with E-state index in [9.17, 15) is 13.6 Å². The maximum absolute atomic E-state index is 14.8. The maximum Gasteiger partial charge on any atom is 0.264 e. The van der Waals surface area contributed by atoms with Crippen LogP contribution in [0.4, 0.5) is 14.5 Å². The monoisotopic (exact) mass is 439 g/mol. The predicted octanol–water partition coefficient (Wildman–Crippen LogP) is 4.67. The van der Waals surface area contributed by atoms with E-state index in [1.54, 1.807) is 30.3 Å². The molecule has 161 valence electrons. The molecule has 5 nitrogen and oxygen atoms in total. The number of hydrogen-bond donors (Lipinski definition) is 2. The lowest BCUT2D eigenvalue weighted by Crippen LogP contribution is -2.39. The van der Waals surface area contributed by atoms with Gasteiger partial charge < -0.3 is 5.32 Å². The Kier molecular flexibility index (Phi) is 5.14. The summed E-state index contributed by atoms with van der Waals surface area (Å²) in [4.78, 5) is 21.8. The van der Waals surface area contributed by atoms with Crippen LogP contribution in [0.1, 0.15) is 11.1 Å². The molecule has 3 aromatic carbocycles. The van der Waals surface area contributed by atoms with Crippen molar-refractivity contribution in [1.82, 2.24) is 10.3 Å². The summed E-state index contributed by atoms with van der Waals surface area (Å²) in [5, 5.41) is 5.92. The van der Waals surface area contributed by atoms with Crippen LogP contribution in [0.3, 0.4) is 0 Å². The number of nitrogens with zero attached hydrogens (tertiary/aromatic N) is 2. The Hall–Kier alpha value is -4.39. The number of rotatable bonds is 4. The van der Waals surface area contributed by atoms with Gasteiger partial charge in [0.05, 0.1) is 0 Å². The topological polar surface area (TPSA) is 66.4 Å². The Morgan fingerprint density at radius 1 is 0.909 bits per heavy atom. The fraction of sp³-hybridized carbons (Fsp3) is 0.0385. The van der Waals surface area contributed by atoms with Crippen molar-refractivity contribution in [2.75, 3.05) is 5.32 Å². The van der Waals surface area contributed by atoms with Gasteiger partial charge in [0.2, 0.25) is 11.9 Å². The first-order chi connectivity index (χ1) is 16.1. The van der Waals surface area contributed by atoms with Crippen molar-refractivity contribution >= 4 is 17.6 Å². The number of guanidine groups is 1. The first-order valence-corrected chi connectivity index (χ1v) is 10.2. The number of para-hydroxylation sites is 1. The van der Waals surface area contributed by atoms with E-state index >= 15 is 0 Å². The molecule has 2 heterocycles. The largest absolute Gasteiger partial charge is 0.326 e. The van der Waals surface area contributed by atoms with Crippen molar-refractivity contribution in [3.63, 3.8) is 0 Å². The lowest BCUT2D eigenvalue weighted by atomic mass is 9.82. The number of hydrogen-bond acceptors (Lipinski definition) is 4. The van der Waals surface area contributed by atoms with Crippen molar-refractivity contribution in [3.8, 4) is 11.1 Å². The van der Waals surface area contributed by atoms with E-state index in [4.69, 9.17) is 4.99 Å². The van der Waals surface area contributed by atoms with E-state index in [0.717, 1.165) is 11.8 Å². The molecule has 7 heteroatoms. The van der Waals surface area contributed by atoms with Crippen LogP contribution in [0.25, 0.3) is 11.1 Å². The molecule has 1 radical (unpaired) electrons. The van der Waals surface area contributed by atoms with Gasteiger partial charge in [-0.2, -0.15) is 4.39 Å². The van der Waals surface area contributed by atoms with Crippen molar-refractivity contribution in [2.24, 2.45) is 4.99 Å². The summed E-state index contributed by atoms with van der Waals surface area (Å²) in [6.07, 6.45) is 1.25. The van der Waals surface area contributed by atoms with Crippen LogP contribution < -0.4 is 10.6 Å². The predicted molar refractivity (Wildman–Crippen MR) is 121 cm³/mol. The Morgan fingerprint density at radius 2 is 1.70 bits per heavy atom. The zero-order valence-electron chi connectivity index (χ0n) is 17.2. The molecular formula is C26H17F2N4O. The first kappa shape index (κ1) is 20.5. The van der Waals surface area contributed by atoms with Crippen LogP contribution in [-0.4, -0.2) is 16.9 Å². The Morgan fingerprint density at radius 3 is 2.42 bits per heavy atom. The molecule has 0 aliphatic carbocycles. The van der Waals surface area contributed by atoms with Gasteiger partial charge in [0.15, 0.2) is 5.54 Å². The molecule has 0 saturated heterocycles. The fourth-order valence-electron chi connectivity index (χ4n) is 3.85. The highest BCUT2D eigenvalue weighted by Gasteiger charge is 2.47. The zero-order valence-corrected chi connectivity index (χ0v) is 17.2. The molecule has 5 rings (SSSR count). The fourth-order valence-corrected chi connectivity index (χ4v) is 3.85. The molecule has 33 heavy (non-hydrogen) atoms. The number of benzene rings is 3. The Balaban J connectivity index is 1.66. The average molecular weight is 439 g/mol. The van der Waals surface area contributed by atoms with Crippen LogP contribution in [0, 0.1) is 17.8 Å². The van der Waals surface area contributed by atoms with Gasteiger partial charge >= 0.3 is 0 Å². The van der Waals surface area contributed by atoms with Gasteiger partial charge in [0.1, 0.15) is 5.82 Å².